The monoisotopic (exact) mass is 570 g/mol. The molecule has 0 N–H and O–H groups in total. The smallest absolute Gasteiger partial charge is 0.114 e. The van der Waals surface area contributed by atoms with Crippen LogP contribution in [0.4, 0.5) is 34.1 Å². The quantitative estimate of drug-likeness (QED) is 0.160. The van der Waals surface area contributed by atoms with E-state index in [2.05, 4.69) is 196 Å². The predicted molar refractivity (Wildman–Crippen MR) is 192 cm³/mol. The van der Waals surface area contributed by atoms with Gasteiger partial charge in [-0.15, -0.1) is 0 Å². The van der Waals surface area contributed by atoms with E-state index in [1.807, 2.05) is 0 Å². The Hall–Kier alpha value is -5.02. The van der Waals surface area contributed by atoms with Crippen LogP contribution >= 0.6 is 0 Å². The number of anilines is 6. The summed E-state index contributed by atoms with van der Waals surface area (Å²) >= 11 is 0. The van der Waals surface area contributed by atoms with E-state index in [4.69, 9.17) is 0 Å². The molecule has 6 aromatic carbocycles. The molecule has 0 radical (unpaired) electrons. The van der Waals surface area contributed by atoms with E-state index in [0.717, 1.165) is 40.5 Å². The minimum absolute atomic E-state index is 0.158. The Bertz CT molecular complexity index is 1780. The van der Waals surface area contributed by atoms with Crippen molar-refractivity contribution in [3.8, 4) is 11.1 Å². The van der Waals surface area contributed by atoms with Crippen LogP contribution in [0.25, 0.3) is 11.1 Å². The van der Waals surface area contributed by atoms with Crippen molar-refractivity contribution in [2.24, 2.45) is 0 Å². The van der Waals surface area contributed by atoms with E-state index in [1.54, 1.807) is 0 Å². The summed E-state index contributed by atoms with van der Waals surface area (Å²) in [7, 11) is 2.31. The van der Waals surface area contributed by atoms with Crippen LogP contribution in [0.1, 0.15) is 31.4 Å². The molecule has 2 nitrogen and oxygen atoms in total. The van der Waals surface area contributed by atoms with Crippen LogP contribution in [0.15, 0.2) is 158 Å². The molecule has 0 heterocycles. The second-order valence-electron chi connectivity index (χ2n) is 12.1. The second kappa shape index (κ2) is 12.7. The summed E-state index contributed by atoms with van der Waals surface area (Å²) in [6.07, 6.45) is 1.10. The summed E-state index contributed by atoms with van der Waals surface area (Å²) in [4.78, 5) is 4.63. The van der Waals surface area contributed by atoms with Gasteiger partial charge in [0.05, 0.1) is 0 Å². The summed E-state index contributed by atoms with van der Waals surface area (Å²) in [6, 6.07) is 56.7. The highest BCUT2D eigenvalue weighted by atomic mass is 15.1. The van der Waals surface area contributed by atoms with Crippen molar-refractivity contribution in [2.45, 2.75) is 32.5 Å². The largest absolute Gasteiger partial charge is 0.311 e. The summed E-state index contributed by atoms with van der Waals surface area (Å²) in [5, 5.41) is 0.158. The van der Waals surface area contributed by atoms with E-state index >= 15 is 0 Å². The van der Waals surface area contributed by atoms with Crippen LogP contribution in [0, 0.1) is 6.92 Å². The number of hydrogen-bond donors (Lipinski definition) is 0. The van der Waals surface area contributed by atoms with Crippen molar-refractivity contribution in [3.63, 3.8) is 0 Å². The first kappa shape index (κ1) is 29.1. The average Bonchev–Trinajstić information content (AvgIpc) is 3.08. The molecule has 6 rings (SSSR count). The molecule has 0 bridgehead atoms. The number of benzene rings is 6. The maximum absolute atomic E-state index is 2.33. The maximum Gasteiger partial charge on any atom is 0.114 e. The first-order chi connectivity index (χ1) is 21.4. The van der Waals surface area contributed by atoms with Gasteiger partial charge in [-0.05, 0) is 102 Å². The van der Waals surface area contributed by atoms with Crippen molar-refractivity contribution in [1.82, 2.24) is 0 Å². The fourth-order valence-electron chi connectivity index (χ4n) is 5.61. The van der Waals surface area contributed by atoms with Crippen LogP contribution in [0.5, 0.6) is 0 Å². The second-order valence-corrected chi connectivity index (χ2v) is 12.1. The van der Waals surface area contributed by atoms with Crippen molar-refractivity contribution in [1.29, 1.82) is 0 Å². The fraction of sp³-hybridized carbons (Fsp3) is 0.122. The normalized spacial score (nSPS) is 12.3. The van der Waals surface area contributed by atoms with Crippen molar-refractivity contribution >= 4 is 42.0 Å². The third-order valence-electron chi connectivity index (χ3n) is 8.70. The molecule has 6 aromatic rings. The number of aryl methyl sites for hydroxylation is 1. The zero-order chi connectivity index (χ0) is 30.5. The highest BCUT2D eigenvalue weighted by Gasteiger charge is 2.19. The zero-order valence-corrected chi connectivity index (χ0v) is 26.1. The van der Waals surface area contributed by atoms with E-state index in [0.29, 0.717) is 0 Å². The summed E-state index contributed by atoms with van der Waals surface area (Å²) in [5.41, 5.74) is 11.8. The Labute approximate surface area is 263 Å². The van der Waals surface area contributed by atoms with Gasteiger partial charge in [-0.2, -0.15) is 0 Å². The van der Waals surface area contributed by atoms with Crippen molar-refractivity contribution < 1.29 is 0 Å². The van der Waals surface area contributed by atoms with E-state index in [9.17, 15) is 0 Å². The molecule has 216 valence electrons. The lowest BCUT2D eigenvalue weighted by atomic mass is 9.64. The lowest BCUT2D eigenvalue weighted by molar-refractivity contribution is 0.649. The molecule has 0 aliphatic rings. The Morgan fingerprint density at radius 1 is 0.455 bits per heavy atom. The fourth-order valence-corrected chi connectivity index (χ4v) is 5.61. The molecule has 1 unspecified atom stereocenters. The molecule has 0 saturated heterocycles. The van der Waals surface area contributed by atoms with Gasteiger partial charge in [0.2, 0.25) is 0 Å². The van der Waals surface area contributed by atoms with Gasteiger partial charge in [0.25, 0.3) is 0 Å². The summed E-state index contributed by atoms with van der Waals surface area (Å²) < 4.78 is 0. The first-order valence-corrected chi connectivity index (χ1v) is 15.5. The molecule has 0 aliphatic heterocycles. The first-order valence-electron chi connectivity index (χ1n) is 15.5. The minimum atomic E-state index is 0.158. The zero-order valence-electron chi connectivity index (χ0n) is 26.1. The topological polar surface area (TPSA) is 6.48 Å². The number of nitrogens with zero attached hydrogens (tertiary/aromatic N) is 2. The van der Waals surface area contributed by atoms with Crippen molar-refractivity contribution in [3.05, 3.63) is 169 Å². The predicted octanol–water partition coefficient (Wildman–Crippen LogP) is 10.9. The molecule has 0 amide bonds. The Kier molecular flexibility index (Phi) is 8.39. The van der Waals surface area contributed by atoms with Gasteiger partial charge in [0.1, 0.15) is 7.85 Å². The Morgan fingerprint density at radius 2 is 0.773 bits per heavy atom. The molecule has 0 aromatic heterocycles. The lowest BCUT2D eigenvalue weighted by Crippen LogP contribution is -2.20. The lowest BCUT2D eigenvalue weighted by Gasteiger charge is -2.28. The highest BCUT2D eigenvalue weighted by molar-refractivity contribution is 6.15. The van der Waals surface area contributed by atoms with Gasteiger partial charge < -0.3 is 9.80 Å². The Balaban J connectivity index is 1.30. The van der Waals surface area contributed by atoms with Gasteiger partial charge >= 0.3 is 0 Å². The van der Waals surface area contributed by atoms with Crippen LogP contribution < -0.4 is 9.80 Å². The molecule has 3 heteroatoms. The molecule has 1 atom stereocenters. The molecule has 0 saturated carbocycles. The van der Waals surface area contributed by atoms with Gasteiger partial charge in [-0.25, -0.2) is 0 Å². The van der Waals surface area contributed by atoms with Crippen LogP contribution in [0.2, 0.25) is 0 Å². The maximum atomic E-state index is 2.33. The third-order valence-corrected chi connectivity index (χ3v) is 8.70. The summed E-state index contributed by atoms with van der Waals surface area (Å²) in [6.45, 7) is 6.69. The van der Waals surface area contributed by atoms with Crippen molar-refractivity contribution in [2.75, 3.05) is 9.80 Å². The molecular weight excluding hydrogens is 531 g/mol. The van der Waals surface area contributed by atoms with Gasteiger partial charge in [0, 0.05) is 34.1 Å². The average molecular weight is 571 g/mol. The van der Waals surface area contributed by atoms with E-state index in [-0.39, 0.29) is 5.31 Å². The SMILES string of the molecule is BC(C)(CC)c1ccc(N(c2ccccc2)c2ccc(-c3ccc(N(c4ccccc4)c4ccc(C)cc4)cc3)cc2)cc1. The summed E-state index contributed by atoms with van der Waals surface area (Å²) in [5.74, 6) is 0. The number of para-hydroxylation sites is 2. The van der Waals surface area contributed by atoms with Gasteiger partial charge in [-0.1, -0.05) is 111 Å². The molecule has 0 fully saturated rings. The molecule has 44 heavy (non-hydrogen) atoms. The Morgan fingerprint density at radius 3 is 1.14 bits per heavy atom. The number of hydrogen-bond acceptors (Lipinski definition) is 2. The molecular formula is C41H39BN2. The minimum Gasteiger partial charge on any atom is -0.311 e. The highest BCUT2D eigenvalue weighted by Crippen LogP contribution is 2.38. The molecule has 0 spiro atoms. The van der Waals surface area contributed by atoms with Gasteiger partial charge in [0.15, 0.2) is 0 Å². The van der Waals surface area contributed by atoms with E-state index in [1.165, 1.54) is 22.3 Å². The molecule has 0 aliphatic carbocycles. The van der Waals surface area contributed by atoms with E-state index < -0.39 is 0 Å². The van der Waals surface area contributed by atoms with Crippen LogP contribution in [0.3, 0.4) is 0 Å². The van der Waals surface area contributed by atoms with Crippen LogP contribution in [-0.4, -0.2) is 7.85 Å². The number of rotatable bonds is 9. The van der Waals surface area contributed by atoms with Gasteiger partial charge in [-0.3, -0.25) is 0 Å². The standard InChI is InChI=1S/C41H39BN2/c1-4-41(3,42)34-21-29-40(30-22-34)44(36-13-9-6-10-14-36)39-27-19-33(20-28-39)32-17-25-38(26-18-32)43(35-11-7-5-8-12-35)37-23-15-31(2)16-24-37/h5-30H,4,42H2,1-3H3. The third kappa shape index (κ3) is 6.19. The van der Waals surface area contributed by atoms with Crippen LogP contribution in [-0.2, 0) is 5.31 Å².